The van der Waals surface area contributed by atoms with Crippen molar-refractivity contribution in [2.45, 2.75) is 31.0 Å². The highest BCUT2D eigenvalue weighted by Crippen LogP contribution is 2.28. The molecule has 0 saturated heterocycles. The van der Waals surface area contributed by atoms with Gasteiger partial charge in [0.1, 0.15) is 5.03 Å². The highest BCUT2D eigenvalue weighted by molar-refractivity contribution is 8.00. The number of amides is 1. The maximum absolute atomic E-state index is 12.3. The molecule has 0 radical (unpaired) electrons. The third-order valence-corrected chi connectivity index (χ3v) is 4.56. The fraction of sp³-hybridized carbons (Fsp3) is 0.250. The van der Waals surface area contributed by atoms with Gasteiger partial charge in [-0.3, -0.25) is 4.79 Å². The molecule has 5 heteroatoms. The predicted octanol–water partition coefficient (Wildman–Crippen LogP) is 4.47. The molecule has 0 spiro atoms. The molecule has 1 heterocycles. The molecule has 1 aromatic heterocycles. The quantitative estimate of drug-likeness (QED) is 0.845. The van der Waals surface area contributed by atoms with Crippen LogP contribution < -0.4 is 5.32 Å². The van der Waals surface area contributed by atoms with Crippen molar-refractivity contribution in [3.63, 3.8) is 0 Å². The molecule has 0 aliphatic heterocycles. The average molecular weight is 321 g/mol. The number of anilines is 1. The molecule has 1 atom stereocenters. The predicted molar refractivity (Wildman–Crippen MR) is 89.1 cm³/mol. The van der Waals surface area contributed by atoms with Gasteiger partial charge in [-0.1, -0.05) is 41.1 Å². The zero-order valence-corrected chi connectivity index (χ0v) is 13.8. The van der Waals surface area contributed by atoms with Gasteiger partial charge in [-0.2, -0.15) is 0 Å². The van der Waals surface area contributed by atoms with Crippen molar-refractivity contribution in [1.82, 2.24) is 4.98 Å². The summed E-state index contributed by atoms with van der Waals surface area (Å²) in [6, 6.07) is 9.49. The first kappa shape index (κ1) is 15.9. The fourth-order valence-corrected chi connectivity index (χ4v) is 2.93. The van der Waals surface area contributed by atoms with E-state index < -0.39 is 0 Å². The number of pyridine rings is 1. The molecule has 1 amide bonds. The Morgan fingerprint density at radius 2 is 2.10 bits per heavy atom. The van der Waals surface area contributed by atoms with E-state index in [4.69, 9.17) is 11.6 Å². The number of nitrogens with one attached hydrogen (secondary N) is 1. The van der Waals surface area contributed by atoms with E-state index in [0.717, 1.165) is 11.3 Å². The Kier molecular flexibility index (Phi) is 5.26. The number of benzene rings is 1. The second-order valence-corrected chi connectivity index (χ2v) is 6.59. The number of aryl methyl sites for hydroxylation is 2. The molecule has 0 bridgehead atoms. The number of hydrogen-bond donors (Lipinski definition) is 1. The van der Waals surface area contributed by atoms with E-state index in [9.17, 15) is 4.79 Å². The van der Waals surface area contributed by atoms with Crippen molar-refractivity contribution in [2.75, 3.05) is 5.32 Å². The second kappa shape index (κ2) is 6.96. The molecule has 21 heavy (non-hydrogen) atoms. The van der Waals surface area contributed by atoms with Gasteiger partial charge in [0, 0.05) is 11.9 Å². The third kappa shape index (κ3) is 4.22. The Morgan fingerprint density at radius 3 is 2.76 bits per heavy atom. The summed E-state index contributed by atoms with van der Waals surface area (Å²) in [4.78, 5) is 16.5. The number of aromatic nitrogens is 1. The van der Waals surface area contributed by atoms with Gasteiger partial charge >= 0.3 is 0 Å². The summed E-state index contributed by atoms with van der Waals surface area (Å²) >= 11 is 7.41. The molecular weight excluding hydrogens is 304 g/mol. The van der Waals surface area contributed by atoms with Crippen LogP contribution in [-0.2, 0) is 4.79 Å². The molecule has 0 fully saturated rings. The van der Waals surface area contributed by atoms with Crippen LogP contribution in [0.3, 0.4) is 0 Å². The van der Waals surface area contributed by atoms with Crippen molar-refractivity contribution in [3.8, 4) is 0 Å². The topological polar surface area (TPSA) is 42.0 Å². The number of thioether (sulfide) groups is 1. The molecular formula is C16H17ClN2OS. The molecule has 0 aliphatic carbocycles. The van der Waals surface area contributed by atoms with Crippen molar-refractivity contribution < 1.29 is 4.79 Å². The average Bonchev–Trinajstić information content (AvgIpc) is 2.44. The van der Waals surface area contributed by atoms with Crippen LogP contribution in [0.25, 0.3) is 0 Å². The molecule has 1 aromatic carbocycles. The van der Waals surface area contributed by atoms with E-state index in [1.54, 1.807) is 18.3 Å². The Balaban J connectivity index is 2.04. The molecule has 3 nitrogen and oxygen atoms in total. The Bertz CT molecular complexity index is 660. The highest BCUT2D eigenvalue weighted by atomic mass is 35.5. The van der Waals surface area contributed by atoms with Gasteiger partial charge in [-0.05, 0) is 44.5 Å². The zero-order valence-electron chi connectivity index (χ0n) is 12.2. The molecule has 2 rings (SSSR count). The first-order chi connectivity index (χ1) is 9.97. The maximum atomic E-state index is 12.3. The summed E-state index contributed by atoms with van der Waals surface area (Å²) in [5, 5.41) is 3.90. The third-order valence-electron chi connectivity index (χ3n) is 3.02. The largest absolute Gasteiger partial charge is 0.325 e. The van der Waals surface area contributed by atoms with Gasteiger partial charge in [-0.15, -0.1) is 0 Å². The summed E-state index contributed by atoms with van der Waals surface area (Å²) in [6.07, 6.45) is 1.67. The SMILES string of the molecule is Cc1ccc(NC(=O)C(C)Sc2ncccc2Cl)c(C)c1. The van der Waals surface area contributed by atoms with Gasteiger partial charge < -0.3 is 5.32 Å². The molecule has 2 aromatic rings. The number of carbonyl (C=O) groups excluding carboxylic acids is 1. The normalized spacial score (nSPS) is 12.0. The first-order valence-corrected chi connectivity index (χ1v) is 7.88. The number of halogens is 1. The zero-order chi connectivity index (χ0) is 15.4. The van der Waals surface area contributed by atoms with Crippen LogP contribution in [0.4, 0.5) is 5.69 Å². The van der Waals surface area contributed by atoms with E-state index >= 15 is 0 Å². The van der Waals surface area contributed by atoms with Crippen molar-refractivity contribution in [3.05, 3.63) is 52.7 Å². The number of rotatable bonds is 4. The van der Waals surface area contributed by atoms with Crippen LogP contribution in [0.5, 0.6) is 0 Å². The number of nitrogens with zero attached hydrogens (tertiary/aromatic N) is 1. The number of hydrogen-bond acceptors (Lipinski definition) is 3. The summed E-state index contributed by atoms with van der Waals surface area (Å²) in [6.45, 7) is 5.85. The standard InChI is InChI=1S/C16H17ClN2OS/c1-10-6-7-14(11(2)9-10)19-15(20)12(3)21-16-13(17)5-4-8-18-16/h4-9,12H,1-3H3,(H,19,20). The van der Waals surface area contributed by atoms with Crippen molar-refractivity contribution >= 4 is 35.0 Å². The van der Waals surface area contributed by atoms with Crippen LogP contribution in [0.2, 0.25) is 5.02 Å². The minimum absolute atomic E-state index is 0.0614. The van der Waals surface area contributed by atoms with E-state index in [2.05, 4.69) is 10.3 Å². The van der Waals surface area contributed by atoms with E-state index in [-0.39, 0.29) is 11.2 Å². The van der Waals surface area contributed by atoms with E-state index in [1.807, 2.05) is 39.0 Å². The molecule has 1 unspecified atom stereocenters. The minimum atomic E-state index is -0.280. The molecule has 0 aliphatic rings. The lowest BCUT2D eigenvalue weighted by molar-refractivity contribution is -0.115. The smallest absolute Gasteiger partial charge is 0.237 e. The maximum Gasteiger partial charge on any atom is 0.237 e. The summed E-state index contributed by atoms with van der Waals surface area (Å²) in [5.41, 5.74) is 3.06. The van der Waals surface area contributed by atoms with Crippen molar-refractivity contribution in [1.29, 1.82) is 0 Å². The molecule has 110 valence electrons. The van der Waals surface area contributed by atoms with E-state index in [1.165, 1.54) is 17.3 Å². The lowest BCUT2D eigenvalue weighted by atomic mass is 10.1. The Morgan fingerprint density at radius 1 is 1.33 bits per heavy atom. The van der Waals surface area contributed by atoms with Gasteiger partial charge in [0.15, 0.2) is 0 Å². The Hall–Kier alpha value is -1.52. The van der Waals surface area contributed by atoms with Gasteiger partial charge in [0.05, 0.1) is 10.3 Å². The van der Waals surface area contributed by atoms with Crippen molar-refractivity contribution in [2.24, 2.45) is 0 Å². The Labute approximate surface area is 134 Å². The summed E-state index contributed by atoms with van der Waals surface area (Å²) < 4.78 is 0. The van der Waals surface area contributed by atoms with Crippen LogP contribution in [0, 0.1) is 13.8 Å². The first-order valence-electron chi connectivity index (χ1n) is 6.62. The van der Waals surface area contributed by atoms with Crippen LogP contribution >= 0.6 is 23.4 Å². The molecule has 0 saturated carbocycles. The highest BCUT2D eigenvalue weighted by Gasteiger charge is 2.17. The van der Waals surface area contributed by atoms with Crippen LogP contribution in [0.15, 0.2) is 41.6 Å². The minimum Gasteiger partial charge on any atom is -0.325 e. The summed E-state index contributed by atoms with van der Waals surface area (Å²) in [5.74, 6) is -0.0614. The van der Waals surface area contributed by atoms with Crippen LogP contribution in [-0.4, -0.2) is 16.1 Å². The van der Waals surface area contributed by atoms with Gasteiger partial charge in [0.2, 0.25) is 5.91 Å². The monoisotopic (exact) mass is 320 g/mol. The van der Waals surface area contributed by atoms with Crippen LogP contribution in [0.1, 0.15) is 18.1 Å². The fourth-order valence-electron chi connectivity index (χ4n) is 1.87. The molecule has 1 N–H and O–H groups in total. The number of carbonyl (C=O) groups is 1. The van der Waals surface area contributed by atoms with Gasteiger partial charge in [0.25, 0.3) is 0 Å². The van der Waals surface area contributed by atoms with E-state index in [0.29, 0.717) is 10.0 Å². The second-order valence-electron chi connectivity index (χ2n) is 4.86. The summed E-state index contributed by atoms with van der Waals surface area (Å²) in [7, 11) is 0. The van der Waals surface area contributed by atoms with Gasteiger partial charge in [-0.25, -0.2) is 4.98 Å². The lowest BCUT2D eigenvalue weighted by Crippen LogP contribution is -2.23. The lowest BCUT2D eigenvalue weighted by Gasteiger charge is -2.14.